The molecule has 0 saturated heterocycles. The van der Waals surface area contributed by atoms with E-state index in [1.54, 1.807) is 0 Å². The third-order valence-corrected chi connectivity index (χ3v) is 5.05. The summed E-state index contributed by atoms with van der Waals surface area (Å²) in [7, 11) is 0. The van der Waals surface area contributed by atoms with Gasteiger partial charge in [0.15, 0.2) is 0 Å². The van der Waals surface area contributed by atoms with Gasteiger partial charge in [0.2, 0.25) is 17.7 Å². The van der Waals surface area contributed by atoms with Gasteiger partial charge < -0.3 is 26.8 Å². The van der Waals surface area contributed by atoms with Crippen LogP contribution >= 0.6 is 24.4 Å². The first-order chi connectivity index (χ1) is 12.7. The van der Waals surface area contributed by atoms with Crippen molar-refractivity contribution in [2.45, 2.75) is 44.8 Å². The molecular formula is C16H30N4O5S2. The van der Waals surface area contributed by atoms with Gasteiger partial charge in [0, 0.05) is 5.75 Å². The number of nitrogens with two attached hydrogens (primary N) is 1. The highest BCUT2D eigenvalue weighted by Gasteiger charge is 2.26. The number of nitrogens with one attached hydrogen (secondary N) is 3. The number of thioether (sulfide) groups is 1. The maximum atomic E-state index is 12.2. The van der Waals surface area contributed by atoms with E-state index in [-0.39, 0.29) is 24.6 Å². The summed E-state index contributed by atoms with van der Waals surface area (Å²) in [6.07, 6.45) is 2.82. The van der Waals surface area contributed by atoms with Crippen molar-refractivity contribution in [2.75, 3.05) is 24.3 Å². The SMILES string of the molecule is CCC(C)C(N)C(=O)NCC(=O)NC(CS)C(=O)NC(CCSC)C(=O)O. The van der Waals surface area contributed by atoms with E-state index in [1.807, 2.05) is 20.1 Å². The van der Waals surface area contributed by atoms with Crippen molar-refractivity contribution in [3.63, 3.8) is 0 Å². The quantitative estimate of drug-likeness (QED) is 0.213. The second kappa shape index (κ2) is 13.7. The van der Waals surface area contributed by atoms with Crippen molar-refractivity contribution in [3.05, 3.63) is 0 Å². The average Bonchev–Trinajstić information content (AvgIpc) is 2.65. The first-order valence-electron chi connectivity index (χ1n) is 8.63. The number of amides is 3. The van der Waals surface area contributed by atoms with E-state index in [9.17, 15) is 19.2 Å². The summed E-state index contributed by atoms with van der Waals surface area (Å²) in [5.41, 5.74) is 5.78. The normalized spacial score (nSPS) is 15.1. The monoisotopic (exact) mass is 422 g/mol. The topological polar surface area (TPSA) is 151 Å². The summed E-state index contributed by atoms with van der Waals surface area (Å²) >= 11 is 5.49. The Kier molecular flexibility index (Phi) is 12.9. The van der Waals surface area contributed by atoms with E-state index in [0.29, 0.717) is 5.75 Å². The van der Waals surface area contributed by atoms with E-state index < -0.39 is 41.8 Å². The fourth-order valence-corrected chi connectivity index (χ4v) is 2.73. The largest absolute Gasteiger partial charge is 0.480 e. The molecule has 6 N–H and O–H groups in total. The van der Waals surface area contributed by atoms with Crippen molar-refractivity contribution in [3.8, 4) is 0 Å². The second-order valence-corrected chi connectivity index (χ2v) is 7.46. The molecule has 27 heavy (non-hydrogen) atoms. The van der Waals surface area contributed by atoms with E-state index in [2.05, 4.69) is 28.6 Å². The molecule has 4 atom stereocenters. The highest BCUT2D eigenvalue weighted by Crippen LogP contribution is 2.05. The van der Waals surface area contributed by atoms with Crippen LogP contribution in [0, 0.1) is 5.92 Å². The van der Waals surface area contributed by atoms with Gasteiger partial charge in [-0.2, -0.15) is 24.4 Å². The first kappa shape index (κ1) is 25.5. The zero-order valence-electron chi connectivity index (χ0n) is 15.9. The lowest BCUT2D eigenvalue weighted by molar-refractivity contribution is -0.142. The Bertz CT molecular complexity index is 521. The molecule has 11 heteroatoms. The number of aliphatic carboxylic acids is 1. The average molecular weight is 423 g/mol. The number of carbonyl (C=O) groups excluding carboxylic acids is 3. The van der Waals surface area contributed by atoms with Gasteiger partial charge in [-0.3, -0.25) is 14.4 Å². The van der Waals surface area contributed by atoms with E-state index in [4.69, 9.17) is 10.8 Å². The predicted molar refractivity (Wildman–Crippen MR) is 109 cm³/mol. The number of carboxylic acids is 1. The second-order valence-electron chi connectivity index (χ2n) is 6.11. The molecule has 0 saturated carbocycles. The van der Waals surface area contributed by atoms with Gasteiger partial charge in [-0.15, -0.1) is 0 Å². The van der Waals surface area contributed by atoms with Gasteiger partial charge in [0.05, 0.1) is 12.6 Å². The Labute approximate surface area is 169 Å². The summed E-state index contributed by atoms with van der Waals surface area (Å²) in [6, 6.07) is -2.78. The van der Waals surface area contributed by atoms with Crippen LogP contribution in [0.25, 0.3) is 0 Å². The summed E-state index contributed by atoms with van der Waals surface area (Å²) in [5, 5.41) is 16.4. The Balaban J connectivity index is 4.59. The molecule has 156 valence electrons. The molecule has 0 aromatic carbocycles. The summed E-state index contributed by atoms with van der Waals surface area (Å²) in [6.45, 7) is 3.40. The Morgan fingerprint density at radius 3 is 2.26 bits per heavy atom. The lowest BCUT2D eigenvalue weighted by atomic mass is 9.99. The van der Waals surface area contributed by atoms with Crippen LogP contribution in [0.4, 0.5) is 0 Å². The minimum atomic E-state index is -1.15. The van der Waals surface area contributed by atoms with Crippen molar-refractivity contribution in [2.24, 2.45) is 11.7 Å². The highest BCUT2D eigenvalue weighted by molar-refractivity contribution is 7.98. The minimum absolute atomic E-state index is 0.0211. The number of thiol groups is 1. The number of rotatable bonds is 13. The van der Waals surface area contributed by atoms with Crippen LogP contribution in [-0.4, -0.2) is 71.2 Å². The third kappa shape index (κ3) is 9.87. The number of carbonyl (C=O) groups is 4. The number of carboxylic acid groups (broad SMARTS) is 1. The predicted octanol–water partition coefficient (Wildman–Crippen LogP) is -0.787. The zero-order chi connectivity index (χ0) is 21.0. The molecular weight excluding hydrogens is 392 g/mol. The Morgan fingerprint density at radius 1 is 1.15 bits per heavy atom. The van der Waals surface area contributed by atoms with Gasteiger partial charge in [0.25, 0.3) is 0 Å². The van der Waals surface area contributed by atoms with Gasteiger partial charge in [0.1, 0.15) is 12.1 Å². The molecule has 0 aliphatic rings. The van der Waals surface area contributed by atoms with E-state index >= 15 is 0 Å². The molecule has 0 aliphatic heterocycles. The van der Waals surface area contributed by atoms with Crippen LogP contribution in [0.1, 0.15) is 26.7 Å². The Morgan fingerprint density at radius 2 is 1.78 bits per heavy atom. The molecule has 0 spiro atoms. The molecule has 0 bridgehead atoms. The molecule has 0 aromatic rings. The van der Waals surface area contributed by atoms with Gasteiger partial charge >= 0.3 is 5.97 Å². The summed E-state index contributed by atoms with van der Waals surface area (Å²) < 4.78 is 0. The number of hydrogen-bond acceptors (Lipinski definition) is 7. The maximum absolute atomic E-state index is 12.2. The highest BCUT2D eigenvalue weighted by atomic mass is 32.2. The van der Waals surface area contributed by atoms with Gasteiger partial charge in [-0.25, -0.2) is 4.79 Å². The fourth-order valence-electron chi connectivity index (χ4n) is 2.00. The lowest BCUT2D eigenvalue weighted by Crippen LogP contribution is -2.54. The number of hydrogen-bond donors (Lipinski definition) is 6. The first-order valence-corrected chi connectivity index (χ1v) is 10.7. The van der Waals surface area contributed by atoms with E-state index in [0.717, 1.165) is 6.42 Å². The van der Waals surface area contributed by atoms with Crippen molar-refractivity contribution >= 4 is 48.1 Å². The van der Waals surface area contributed by atoms with Crippen molar-refractivity contribution in [1.82, 2.24) is 16.0 Å². The molecule has 0 fully saturated rings. The van der Waals surface area contributed by atoms with Crippen LogP contribution < -0.4 is 21.7 Å². The van der Waals surface area contributed by atoms with Crippen molar-refractivity contribution < 1.29 is 24.3 Å². The molecule has 0 rings (SSSR count). The lowest BCUT2D eigenvalue weighted by Gasteiger charge is -2.21. The van der Waals surface area contributed by atoms with Crippen LogP contribution in [0.2, 0.25) is 0 Å². The molecule has 0 heterocycles. The van der Waals surface area contributed by atoms with Crippen LogP contribution in [0.15, 0.2) is 0 Å². The minimum Gasteiger partial charge on any atom is -0.480 e. The third-order valence-electron chi connectivity index (χ3n) is 4.04. The van der Waals surface area contributed by atoms with E-state index in [1.165, 1.54) is 11.8 Å². The molecule has 0 aromatic heterocycles. The molecule has 4 unspecified atom stereocenters. The fraction of sp³-hybridized carbons (Fsp3) is 0.750. The molecule has 0 radical (unpaired) electrons. The molecule has 9 nitrogen and oxygen atoms in total. The Hall–Kier alpha value is -1.46. The molecule has 3 amide bonds. The van der Waals surface area contributed by atoms with Gasteiger partial charge in [-0.1, -0.05) is 20.3 Å². The summed E-state index contributed by atoms with van der Waals surface area (Å²) in [5.74, 6) is -2.32. The van der Waals surface area contributed by atoms with Crippen LogP contribution in [0.5, 0.6) is 0 Å². The van der Waals surface area contributed by atoms with Crippen LogP contribution in [0.3, 0.4) is 0 Å². The summed E-state index contributed by atoms with van der Waals surface area (Å²) in [4.78, 5) is 47.3. The van der Waals surface area contributed by atoms with Crippen molar-refractivity contribution in [1.29, 1.82) is 0 Å². The van der Waals surface area contributed by atoms with Crippen LogP contribution in [-0.2, 0) is 19.2 Å². The smallest absolute Gasteiger partial charge is 0.326 e. The zero-order valence-corrected chi connectivity index (χ0v) is 17.6. The molecule has 0 aliphatic carbocycles. The maximum Gasteiger partial charge on any atom is 0.326 e. The van der Waals surface area contributed by atoms with Gasteiger partial charge in [-0.05, 0) is 24.3 Å². The standard InChI is InChI=1S/C16H30N4O5S2/c1-4-9(2)13(17)15(23)18-7-12(21)19-11(8-26)14(22)20-10(16(24)25)5-6-27-3/h9-11,13,26H,4-8,17H2,1-3H3,(H,18,23)(H,19,21)(H,20,22)(H,24,25).